The van der Waals surface area contributed by atoms with Crippen molar-refractivity contribution in [1.82, 2.24) is 15.5 Å². The van der Waals surface area contributed by atoms with Crippen LogP contribution in [0.1, 0.15) is 15.9 Å². The van der Waals surface area contributed by atoms with Gasteiger partial charge in [-0.2, -0.15) is 5.10 Å². The molecule has 6 heteroatoms. The average Bonchev–Trinajstić information content (AvgIpc) is 2.74. The first-order chi connectivity index (χ1) is 8.18. The highest BCUT2D eigenvalue weighted by atomic mass is 35.5. The van der Waals surface area contributed by atoms with Crippen molar-refractivity contribution in [2.45, 2.75) is 6.54 Å². The third-order valence-corrected chi connectivity index (χ3v) is 2.68. The van der Waals surface area contributed by atoms with E-state index in [4.69, 9.17) is 17.3 Å². The van der Waals surface area contributed by atoms with Crippen LogP contribution in [-0.4, -0.2) is 16.1 Å². The van der Waals surface area contributed by atoms with Gasteiger partial charge in [-0.25, -0.2) is 0 Å². The summed E-state index contributed by atoms with van der Waals surface area (Å²) in [5.41, 5.74) is 6.72. The predicted octanol–water partition coefficient (Wildman–Crippen LogP) is 1.58. The van der Waals surface area contributed by atoms with E-state index in [1.165, 1.54) is 6.20 Å². The molecule has 1 amide bonds. The molecule has 0 aliphatic rings. The zero-order valence-corrected chi connectivity index (χ0v) is 9.66. The number of nitrogens with one attached hydrogen (secondary N) is 2. The topological polar surface area (TPSA) is 83.8 Å². The predicted molar refractivity (Wildman–Crippen MR) is 65.6 cm³/mol. The number of nitrogens with zero attached hydrogens (tertiary/aromatic N) is 1. The van der Waals surface area contributed by atoms with Gasteiger partial charge in [-0.1, -0.05) is 29.8 Å². The Balaban J connectivity index is 2.02. The highest BCUT2D eigenvalue weighted by Gasteiger charge is 2.11. The second-order valence-corrected chi connectivity index (χ2v) is 3.88. The number of aromatic nitrogens is 2. The number of halogens is 1. The SMILES string of the molecule is Nc1[nH]ncc1C(=O)NCc1ccccc1Cl. The summed E-state index contributed by atoms with van der Waals surface area (Å²) in [5, 5.41) is 9.52. The molecule has 0 fully saturated rings. The fraction of sp³-hybridized carbons (Fsp3) is 0.0909. The normalized spacial score (nSPS) is 10.2. The second kappa shape index (κ2) is 4.88. The number of H-pyrrole nitrogens is 1. The van der Waals surface area contributed by atoms with Gasteiger partial charge in [-0.3, -0.25) is 9.89 Å². The molecule has 0 radical (unpaired) electrons. The molecule has 4 N–H and O–H groups in total. The maximum atomic E-state index is 11.7. The highest BCUT2D eigenvalue weighted by molar-refractivity contribution is 6.31. The molecule has 2 rings (SSSR count). The Kier molecular flexibility index (Phi) is 3.30. The summed E-state index contributed by atoms with van der Waals surface area (Å²) in [5.74, 6) is -0.0298. The number of rotatable bonds is 3. The molecule has 88 valence electrons. The van der Waals surface area contributed by atoms with E-state index in [0.29, 0.717) is 17.1 Å². The molecule has 0 aliphatic carbocycles. The van der Waals surface area contributed by atoms with E-state index in [2.05, 4.69) is 15.5 Å². The van der Waals surface area contributed by atoms with E-state index in [9.17, 15) is 4.79 Å². The van der Waals surface area contributed by atoms with Crippen molar-refractivity contribution in [2.75, 3.05) is 5.73 Å². The summed E-state index contributed by atoms with van der Waals surface area (Å²) in [6.07, 6.45) is 1.39. The molecule has 2 aromatic rings. The Bertz CT molecular complexity index is 538. The van der Waals surface area contributed by atoms with Gasteiger partial charge in [0, 0.05) is 11.6 Å². The Morgan fingerprint density at radius 3 is 2.88 bits per heavy atom. The van der Waals surface area contributed by atoms with Crippen LogP contribution in [0.3, 0.4) is 0 Å². The molecular weight excluding hydrogens is 240 g/mol. The van der Waals surface area contributed by atoms with Crippen molar-refractivity contribution < 1.29 is 4.79 Å². The van der Waals surface area contributed by atoms with Crippen molar-refractivity contribution in [3.8, 4) is 0 Å². The van der Waals surface area contributed by atoms with E-state index in [-0.39, 0.29) is 11.7 Å². The van der Waals surface area contributed by atoms with Crippen LogP contribution in [0.25, 0.3) is 0 Å². The van der Waals surface area contributed by atoms with Crippen molar-refractivity contribution in [3.05, 3.63) is 46.6 Å². The molecule has 5 nitrogen and oxygen atoms in total. The van der Waals surface area contributed by atoms with Crippen LogP contribution in [0.5, 0.6) is 0 Å². The molecule has 0 saturated heterocycles. The van der Waals surface area contributed by atoms with Crippen molar-refractivity contribution >= 4 is 23.3 Å². The van der Waals surface area contributed by atoms with Crippen molar-refractivity contribution in [2.24, 2.45) is 0 Å². The van der Waals surface area contributed by atoms with E-state index < -0.39 is 0 Å². The van der Waals surface area contributed by atoms with Gasteiger partial charge in [0.25, 0.3) is 5.91 Å². The molecule has 0 unspecified atom stereocenters. The largest absolute Gasteiger partial charge is 0.383 e. The molecular formula is C11H11ClN4O. The molecule has 17 heavy (non-hydrogen) atoms. The smallest absolute Gasteiger partial charge is 0.256 e. The van der Waals surface area contributed by atoms with E-state index >= 15 is 0 Å². The molecule has 1 aromatic carbocycles. The maximum absolute atomic E-state index is 11.7. The van der Waals surface area contributed by atoms with Crippen LogP contribution in [0.2, 0.25) is 5.02 Å². The maximum Gasteiger partial charge on any atom is 0.256 e. The summed E-state index contributed by atoms with van der Waals surface area (Å²) in [4.78, 5) is 11.7. The van der Waals surface area contributed by atoms with Gasteiger partial charge < -0.3 is 11.1 Å². The lowest BCUT2D eigenvalue weighted by Gasteiger charge is -2.05. The number of anilines is 1. The van der Waals surface area contributed by atoms with Gasteiger partial charge in [-0.15, -0.1) is 0 Å². The number of hydrogen-bond donors (Lipinski definition) is 3. The van der Waals surface area contributed by atoms with Crippen LogP contribution in [0.4, 0.5) is 5.82 Å². The number of nitrogen functional groups attached to an aromatic ring is 1. The molecule has 0 bridgehead atoms. The van der Waals surface area contributed by atoms with E-state index in [0.717, 1.165) is 5.56 Å². The molecule has 0 atom stereocenters. The molecule has 0 aliphatic heterocycles. The first kappa shape index (κ1) is 11.5. The number of nitrogens with two attached hydrogens (primary N) is 1. The van der Waals surface area contributed by atoms with Gasteiger partial charge in [-0.05, 0) is 11.6 Å². The monoisotopic (exact) mass is 250 g/mol. The first-order valence-electron chi connectivity index (χ1n) is 4.99. The van der Waals surface area contributed by atoms with Crippen LogP contribution in [-0.2, 0) is 6.54 Å². The van der Waals surface area contributed by atoms with Crippen LogP contribution in [0.15, 0.2) is 30.5 Å². The minimum atomic E-state index is -0.281. The molecule has 0 saturated carbocycles. The highest BCUT2D eigenvalue weighted by Crippen LogP contribution is 2.14. The molecule has 0 spiro atoms. The summed E-state index contributed by atoms with van der Waals surface area (Å²) in [7, 11) is 0. The van der Waals surface area contributed by atoms with Gasteiger partial charge in [0.1, 0.15) is 11.4 Å². The lowest BCUT2D eigenvalue weighted by Crippen LogP contribution is -2.23. The quantitative estimate of drug-likeness (QED) is 0.773. The van der Waals surface area contributed by atoms with Crippen molar-refractivity contribution in [3.63, 3.8) is 0 Å². The zero-order chi connectivity index (χ0) is 12.3. The number of carbonyl (C=O) groups excluding carboxylic acids is 1. The van der Waals surface area contributed by atoms with Crippen LogP contribution in [0, 0.1) is 0 Å². The third-order valence-electron chi connectivity index (χ3n) is 2.31. The third kappa shape index (κ3) is 2.57. The summed E-state index contributed by atoms with van der Waals surface area (Å²) >= 11 is 5.97. The Morgan fingerprint density at radius 2 is 2.24 bits per heavy atom. The van der Waals surface area contributed by atoms with Crippen LogP contribution < -0.4 is 11.1 Å². The van der Waals surface area contributed by atoms with Gasteiger partial charge in [0.15, 0.2) is 0 Å². The second-order valence-electron chi connectivity index (χ2n) is 3.47. The minimum absolute atomic E-state index is 0.252. The minimum Gasteiger partial charge on any atom is -0.383 e. The number of aromatic amines is 1. The average molecular weight is 251 g/mol. The number of carbonyl (C=O) groups is 1. The fourth-order valence-corrected chi connectivity index (χ4v) is 1.59. The number of hydrogen-bond acceptors (Lipinski definition) is 3. The lowest BCUT2D eigenvalue weighted by molar-refractivity contribution is 0.0952. The van der Waals surface area contributed by atoms with Gasteiger partial charge >= 0.3 is 0 Å². The summed E-state index contributed by atoms with van der Waals surface area (Å²) < 4.78 is 0. The zero-order valence-electron chi connectivity index (χ0n) is 8.90. The number of benzene rings is 1. The van der Waals surface area contributed by atoms with Crippen LogP contribution >= 0.6 is 11.6 Å². The van der Waals surface area contributed by atoms with Gasteiger partial charge in [0.05, 0.1) is 6.20 Å². The Labute approximate surface area is 103 Å². The van der Waals surface area contributed by atoms with Gasteiger partial charge in [0.2, 0.25) is 0 Å². The first-order valence-corrected chi connectivity index (χ1v) is 5.36. The lowest BCUT2D eigenvalue weighted by atomic mass is 10.2. The standard InChI is InChI=1S/C11H11ClN4O/c12-9-4-2-1-3-7(9)5-14-11(17)8-6-15-16-10(8)13/h1-4,6H,5H2,(H,14,17)(H3,13,15,16). The molecule has 1 heterocycles. The molecule has 1 aromatic heterocycles. The Hall–Kier alpha value is -2.01. The fourth-order valence-electron chi connectivity index (χ4n) is 1.39. The summed E-state index contributed by atoms with van der Waals surface area (Å²) in [6.45, 7) is 0.350. The Morgan fingerprint density at radius 1 is 1.47 bits per heavy atom. The number of amides is 1. The summed E-state index contributed by atoms with van der Waals surface area (Å²) in [6, 6.07) is 7.32. The van der Waals surface area contributed by atoms with E-state index in [1.807, 2.05) is 18.2 Å². The van der Waals surface area contributed by atoms with Crippen molar-refractivity contribution in [1.29, 1.82) is 0 Å². The van der Waals surface area contributed by atoms with E-state index in [1.54, 1.807) is 6.07 Å².